The van der Waals surface area contributed by atoms with Crippen molar-refractivity contribution in [1.29, 1.82) is 0 Å². The first-order valence-electron chi connectivity index (χ1n) is 7.92. The number of aromatic nitrogens is 1. The summed E-state index contributed by atoms with van der Waals surface area (Å²) in [7, 11) is 4.00. The molecule has 2 aromatic rings. The number of nitrogens with one attached hydrogen (secondary N) is 1. The van der Waals surface area contributed by atoms with E-state index in [2.05, 4.69) is 16.5 Å². The van der Waals surface area contributed by atoms with Crippen LogP contribution in [0.1, 0.15) is 16.1 Å². The third-order valence-electron chi connectivity index (χ3n) is 4.15. The van der Waals surface area contributed by atoms with Gasteiger partial charge in [-0.1, -0.05) is 11.2 Å². The largest absolute Gasteiger partial charge is 0.481 e. The molecule has 2 heterocycles. The van der Waals surface area contributed by atoms with E-state index >= 15 is 0 Å². The van der Waals surface area contributed by atoms with Gasteiger partial charge in [0.1, 0.15) is 18.1 Å². The molecule has 1 N–H and O–H groups in total. The Bertz CT molecular complexity index is 908. The zero-order valence-electron chi connectivity index (χ0n) is 13.9. The second kappa shape index (κ2) is 5.98. The van der Waals surface area contributed by atoms with E-state index in [0.29, 0.717) is 5.70 Å². The number of benzene rings is 1. The van der Waals surface area contributed by atoms with E-state index in [1.165, 1.54) is 12.3 Å². The Kier molecular flexibility index (Phi) is 3.65. The van der Waals surface area contributed by atoms with Crippen molar-refractivity contribution < 1.29 is 14.1 Å². The molecule has 0 saturated carbocycles. The zero-order valence-corrected chi connectivity index (χ0v) is 13.9. The first kappa shape index (κ1) is 15.3. The Hall–Kier alpha value is -3.28. The molecule has 6 heteroatoms. The number of amides is 1. The van der Waals surface area contributed by atoms with Gasteiger partial charge in [0.15, 0.2) is 5.69 Å². The molecule has 1 aliphatic carbocycles. The number of rotatable bonds is 3. The Morgan fingerprint density at radius 2 is 2.16 bits per heavy atom. The number of carbonyl (C=O) groups excluding carboxylic acids is 1. The third-order valence-corrected chi connectivity index (χ3v) is 4.15. The maximum atomic E-state index is 12.2. The van der Waals surface area contributed by atoms with Crippen molar-refractivity contribution in [2.75, 3.05) is 19.0 Å². The highest BCUT2D eigenvalue weighted by Gasteiger charge is 2.28. The van der Waals surface area contributed by atoms with Crippen LogP contribution in [-0.2, 0) is 0 Å². The van der Waals surface area contributed by atoms with Gasteiger partial charge in [-0.05, 0) is 36.4 Å². The van der Waals surface area contributed by atoms with Crippen LogP contribution in [0, 0.1) is 0 Å². The second-order valence-electron chi connectivity index (χ2n) is 6.06. The minimum absolute atomic E-state index is 0.162. The molecule has 1 aromatic heterocycles. The summed E-state index contributed by atoms with van der Waals surface area (Å²) >= 11 is 0. The summed E-state index contributed by atoms with van der Waals surface area (Å²) in [4.78, 5) is 14.2. The molecule has 0 fully saturated rings. The van der Waals surface area contributed by atoms with Crippen molar-refractivity contribution in [3.8, 4) is 5.75 Å². The summed E-state index contributed by atoms with van der Waals surface area (Å²) in [6.45, 7) is 0. The fourth-order valence-electron chi connectivity index (χ4n) is 2.86. The van der Waals surface area contributed by atoms with Crippen molar-refractivity contribution in [3.63, 3.8) is 0 Å². The molecular formula is C19H17N3O3. The molecule has 2 aliphatic rings. The maximum Gasteiger partial charge on any atom is 0.277 e. The average Bonchev–Trinajstić information content (AvgIpc) is 3.19. The molecule has 4 rings (SSSR count). The van der Waals surface area contributed by atoms with Gasteiger partial charge in [-0.2, -0.15) is 0 Å². The van der Waals surface area contributed by atoms with Crippen molar-refractivity contribution in [3.05, 3.63) is 71.8 Å². The molecule has 1 unspecified atom stereocenters. The molecule has 0 radical (unpaired) electrons. The monoisotopic (exact) mass is 335 g/mol. The first-order chi connectivity index (χ1) is 12.1. The highest BCUT2D eigenvalue weighted by Crippen LogP contribution is 2.41. The summed E-state index contributed by atoms with van der Waals surface area (Å²) < 4.78 is 10.7. The van der Waals surface area contributed by atoms with Gasteiger partial charge in [0.05, 0.1) is 0 Å². The number of anilines is 1. The number of hydrogen-bond donors (Lipinski definition) is 1. The van der Waals surface area contributed by atoms with Crippen LogP contribution in [0.25, 0.3) is 5.57 Å². The van der Waals surface area contributed by atoms with Crippen molar-refractivity contribution in [1.82, 2.24) is 10.5 Å². The minimum atomic E-state index is -0.315. The smallest absolute Gasteiger partial charge is 0.277 e. The Morgan fingerprint density at radius 1 is 1.28 bits per heavy atom. The van der Waals surface area contributed by atoms with Gasteiger partial charge in [0.25, 0.3) is 5.91 Å². The van der Waals surface area contributed by atoms with Crippen LogP contribution in [0.2, 0.25) is 0 Å². The van der Waals surface area contributed by atoms with E-state index < -0.39 is 0 Å². The molecule has 0 spiro atoms. The van der Waals surface area contributed by atoms with Gasteiger partial charge in [-0.15, -0.1) is 0 Å². The first-order valence-corrected chi connectivity index (χ1v) is 7.92. The lowest BCUT2D eigenvalue weighted by atomic mass is 10.0. The van der Waals surface area contributed by atoms with E-state index in [9.17, 15) is 4.79 Å². The van der Waals surface area contributed by atoms with E-state index in [0.717, 1.165) is 22.6 Å². The standard InChI is InChI=1S/C19H17N3O3/c1-22(2)13-6-7-18-15(11-13)14-10-12(4-3-5-17(14)25-18)20-19(23)16-8-9-24-21-16/h3-11,17H,1-2H3,(H,20,23). The predicted octanol–water partition coefficient (Wildman–Crippen LogP) is 2.77. The molecule has 0 saturated heterocycles. The molecule has 0 bridgehead atoms. The summed E-state index contributed by atoms with van der Waals surface area (Å²) in [5, 5.41) is 6.50. The highest BCUT2D eigenvalue weighted by atomic mass is 16.5. The Labute approximate surface area is 145 Å². The number of ether oxygens (including phenoxy) is 1. The van der Waals surface area contributed by atoms with Crippen LogP contribution >= 0.6 is 0 Å². The third kappa shape index (κ3) is 2.82. The van der Waals surface area contributed by atoms with E-state index in [1.807, 2.05) is 55.4 Å². The van der Waals surface area contributed by atoms with Crippen LogP contribution in [-0.4, -0.2) is 31.3 Å². The summed E-state index contributed by atoms with van der Waals surface area (Å²) in [6.07, 6.45) is 8.83. The van der Waals surface area contributed by atoms with Crippen molar-refractivity contribution in [2.45, 2.75) is 6.10 Å². The Morgan fingerprint density at radius 3 is 2.92 bits per heavy atom. The summed E-state index contributed by atoms with van der Waals surface area (Å²) in [5.74, 6) is 0.528. The average molecular weight is 335 g/mol. The lowest BCUT2D eigenvalue weighted by molar-refractivity contribution is 0.0958. The molecule has 126 valence electrons. The number of hydrogen-bond acceptors (Lipinski definition) is 5. The van der Waals surface area contributed by atoms with Crippen LogP contribution in [0.3, 0.4) is 0 Å². The molecule has 6 nitrogen and oxygen atoms in total. The van der Waals surface area contributed by atoms with E-state index in [1.54, 1.807) is 0 Å². The predicted molar refractivity (Wildman–Crippen MR) is 94.4 cm³/mol. The van der Waals surface area contributed by atoms with Gasteiger partial charge in [0.2, 0.25) is 0 Å². The van der Waals surface area contributed by atoms with Gasteiger partial charge in [0, 0.05) is 42.7 Å². The fourth-order valence-corrected chi connectivity index (χ4v) is 2.86. The second-order valence-corrected chi connectivity index (χ2v) is 6.06. The molecule has 1 aliphatic heterocycles. The fraction of sp³-hybridized carbons (Fsp3) is 0.158. The lowest BCUT2D eigenvalue weighted by Crippen LogP contribution is -2.22. The summed E-state index contributed by atoms with van der Waals surface area (Å²) in [6, 6.07) is 7.62. The SMILES string of the molecule is CN(C)c1ccc2c(c1)C1=CC(NC(=O)c3ccon3)=CC=CC1O2. The van der Waals surface area contributed by atoms with Gasteiger partial charge >= 0.3 is 0 Å². The quantitative estimate of drug-likeness (QED) is 0.934. The molecule has 25 heavy (non-hydrogen) atoms. The zero-order chi connectivity index (χ0) is 17.4. The highest BCUT2D eigenvalue weighted by molar-refractivity contribution is 5.94. The molecule has 1 amide bonds. The normalized spacial score (nSPS) is 17.6. The number of carbonyl (C=O) groups is 1. The lowest BCUT2D eigenvalue weighted by Gasteiger charge is -2.13. The number of nitrogens with zero attached hydrogens (tertiary/aromatic N) is 2. The number of fused-ring (bicyclic) bond motifs is 3. The van der Waals surface area contributed by atoms with Crippen molar-refractivity contribution in [2.24, 2.45) is 0 Å². The van der Waals surface area contributed by atoms with Crippen LogP contribution < -0.4 is 15.0 Å². The molecular weight excluding hydrogens is 318 g/mol. The van der Waals surface area contributed by atoms with Crippen molar-refractivity contribution >= 4 is 17.2 Å². The van der Waals surface area contributed by atoms with Gasteiger partial charge in [-0.25, -0.2) is 0 Å². The van der Waals surface area contributed by atoms with Gasteiger partial charge < -0.3 is 19.5 Å². The number of allylic oxidation sites excluding steroid dienone is 3. The van der Waals surface area contributed by atoms with Crippen LogP contribution in [0.15, 0.2) is 65.1 Å². The summed E-state index contributed by atoms with van der Waals surface area (Å²) in [5.41, 5.74) is 4.05. The van der Waals surface area contributed by atoms with Crippen LogP contribution in [0.5, 0.6) is 5.75 Å². The molecule has 1 aromatic carbocycles. The maximum absolute atomic E-state index is 12.2. The van der Waals surface area contributed by atoms with E-state index in [4.69, 9.17) is 9.26 Å². The van der Waals surface area contributed by atoms with Gasteiger partial charge in [-0.3, -0.25) is 4.79 Å². The minimum Gasteiger partial charge on any atom is -0.481 e. The van der Waals surface area contributed by atoms with E-state index in [-0.39, 0.29) is 17.7 Å². The molecule has 1 atom stereocenters. The van der Waals surface area contributed by atoms with Crippen LogP contribution in [0.4, 0.5) is 5.69 Å². The Balaban J connectivity index is 1.67. The topological polar surface area (TPSA) is 67.6 Å².